The largest absolute Gasteiger partial charge is 0.493 e. The molecule has 0 aromatic heterocycles. The molecule has 2 unspecified atom stereocenters. The van der Waals surface area contributed by atoms with E-state index in [1.807, 2.05) is 98.7 Å². The number of aliphatic imine (C=N–C) groups is 1. The van der Waals surface area contributed by atoms with Crippen molar-refractivity contribution >= 4 is 103 Å². The summed E-state index contributed by atoms with van der Waals surface area (Å²) < 4.78 is 56.2. The number of para-hydroxylation sites is 2. The quantitative estimate of drug-likeness (QED) is 0.0107. The Morgan fingerprint density at radius 2 is 1.57 bits per heavy atom. The zero-order valence-corrected chi connectivity index (χ0v) is 48.9. The molecule has 3 aliphatic rings. The first kappa shape index (κ1) is 61.8. The minimum atomic E-state index is -4.58. The van der Waals surface area contributed by atoms with E-state index in [1.54, 1.807) is 36.3 Å². The molecule has 5 aromatic rings. The SMILES string of the molecule is CN(CCNC(=O)C(CCSSC(C)(C)CCC=O)S(=O)(=O)O)C(=O)/C=C\C=O.CNc1cc(COc2cc(N)c(C(=O)N3CCc4ccccc43)cc2OC)cc(COc2cc3c(cc2OC)C(=O)N2c4ccccc4CC2C=N3)c1. The van der Waals surface area contributed by atoms with Crippen LogP contribution in [0.5, 0.6) is 23.0 Å². The third-order valence-electron chi connectivity index (χ3n) is 13.7. The summed E-state index contributed by atoms with van der Waals surface area (Å²) >= 11 is 0. The predicted octanol–water partition coefficient (Wildman–Crippen LogP) is 8.08. The van der Waals surface area contributed by atoms with Crippen molar-refractivity contribution in [2.24, 2.45) is 4.99 Å². The van der Waals surface area contributed by atoms with Crippen LogP contribution in [0.15, 0.2) is 108 Å². The number of carbonyl (C=O) groups excluding carboxylic acids is 6. The molecular formula is C59H67N7O13S3. The second kappa shape index (κ2) is 28.2. The van der Waals surface area contributed by atoms with Gasteiger partial charge in [-0.05, 0) is 104 Å². The third kappa shape index (κ3) is 15.6. The number of rotatable bonds is 25. The van der Waals surface area contributed by atoms with Gasteiger partial charge in [-0.3, -0.25) is 38.4 Å². The molecular weight excluding hydrogens is 1110 g/mol. The van der Waals surface area contributed by atoms with Crippen LogP contribution in [-0.4, -0.2) is 130 Å². The first-order valence-electron chi connectivity index (χ1n) is 26.3. The monoisotopic (exact) mass is 1180 g/mol. The van der Waals surface area contributed by atoms with Crippen LogP contribution in [0.2, 0.25) is 0 Å². The van der Waals surface area contributed by atoms with Crippen molar-refractivity contribution in [2.45, 2.75) is 75.2 Å². The van der Waals surface area contributed by atoms with Gasteiger partial charge in [0.25, 0.3) is 21.9 Å². The third-order valence-corrected chi connectivity index (χ3v) is 18.2. The van der Waals surface area contributed by atoms with Gasteiger partial charge in [-0.15, -0.1) is 0 Å². The summed E-state index contributed by atoms with van der Waals surface area (Å²) in [6.45, 7) is 5.01. The zero-order chi connectivity index (χ0) is 59.1. The lowest BCUT2D eigenvalue weighted by Gasteiger charge is -2.22. The fraction of sp³-hybridized carbons (Fsp3) is 0.339. The molecule has 3 heterocycles. The summed E-state index contributed by atoms with van der Waals surface area (Å²) in [6, 6.07) is 28.4. The summed E-state index contributed by atoms with van der Waals surface area (Å²) in [6.07, 6.45) is 7.79. The van der Waals surface area contributed by atoms with Gasteiger partial charge in [0, 0.05) is 104 Å². The Balaban J connectivity index is 0.000000286. The van der Waals surface area contributed by atoms with Crippen molar-refractivity contribution in [1.29, 1.82) is 0 Å². The van der Waals surface area contributed by atoms with Gasteiger partial charge in [-0.25, -0.2) is 0 Å². The molecule has 23 heteroatoms. The number of aldehydes is 2. The van der Waals surface area contributed by atoms with E-state index in [1.165, 1.54) is 40.6 Å². The van der Waals surface area contributed by atoms with E-state index in [-0.39, 0.29) is 55.3 Å². The number of carbonyl (C=O) groups is 6. The van der Waals surface area contributed by atoms with Gasteiger partial charge in [0.1, 0.15) is 25.8 Å². The van der Waals surface area contributed by atoms with Crippen LogP contribution < -0.4 is 45.1 Å². The van der Waals surface area contributed by atoms with E-state index in [0.29, 0.717) is 83.3 Å². The maximum absolute atomic E-state index is 13.8. The number of anilines is 4. The highest BCUT2D eigenvalue weighted by molar-refractivity contribution is 8.77. The van der Waals surface area contributed by atoms with Crippen molar-refractivity contribution in [2.75, 3.05) is 74.6 Å². The lowest BCUT2D eigenvalue weighted by molar-refractivity contribution is -0.126. The number of methoxy groups -OCH3 is 2. The van der Waals surface area contributed by atoms with Gasteiger partial charge in [0.2, 0.25) is 11.8 Å². The average Bonchev–Trinajstić information content (AvgIpc) is 3.47. The molecule has 8 rings (SSSR count). The van der Waals surface area contributed by atoms with Crippen LogP contribution in [0.1, 0.15) is 76.1 Å². The first-order chi connectivity index (χ1) is 39.3. The number of benzene rings is 5. The van der Waals surface area contributed by atoms with E-state index in [2.05, 4.69) is 10.6 Å². The van der Waals surface area contributed by atoms with Crippen LogP contribution in [0.3, 0.4) is 0 Å². The number of fused-ring (bicyclic) bond motifs is 5. The minimum absolute atomic E-state index is 0.0113. The standard InChI is InChI=1S/C42H39N5O6.C17H28N2O7S3/c1-44-29-15-25(23-52-39-20-33(43)31(18-37(39)50-2)41(48)46-13-12-27-8-4-6-10-35(27)46)14-26(16-29)24-53-40-21-34-32(19-38(40)51-3)42(49)47-30(22-45-34)17-28-9-5-7-11-36(28)47;1-17(2,8-5-12-21)28-27-13-7-14(29(24,25)26)16(23)18-9-10-19(3)15(22)6-4-11-20/h4-11,14-16,18-22,30,44H,12-13,17,23-24,43H2,1-3H3;4,6,11-12,14H,5,7-10,13H2,1-3H3,(H,18,23)(H,24,25,26)/b;6-4-. The molecule has 0 saturated heterocycles. The van der Waals surface area contributed by atoms with E-state index in [9.17, 15) is 41.7 Å². The maximum Gasteiger partial charge on any atom is 0.276 e. The Bertz CT molecular complexity index is 3360. The summed E-state index contributed by atoms with van der Waals surface area (Å²) in [5, 5.41) is 4.00. The molecule has 2 atom stereocenters. The van der Waals surface area contributed by atoms with E-state index in [0.717, 1.165) is 64.2 Å². The summed E-state index contributed by atoms with van der Waals surface area (Å²) in [7, 11) is 4.67. The van der Waals surface area contributed by atoms with Crippen molar-refractivity contribution in [1.82, 2.24) is 10.2 Å². The molecule has 0 bridgehead atoms. The van der Waals surface area contributed by atoms with E-state index in [4.69, 9.17) is 29.7 Å². The number of ether oxygens (including phenoxy) is 4. The zero-order valence-electron chi connectivity index (χ0n) is 46.4. The number of nitrogen functional groups attached to an aromatic ring is 1. The fourth-order valence-corrected chi connectivity index (χ4v) is 13.0. The fourth-order valence-electron chi connectivity index (χ4n) is 9.35. The first-order valence-corrected chi connectivity index (χ1v) is 30.1. The number of hydrogen-bond acceptors (Lipinski definition) is 17. The van der Waals surface area contributed by atoms with E-state index >= 15 is 0 Å². The molecule has 5 aromatic carbocycles. The highest BCUT2D eigenvalue weighted by Crippen LogP contribution is 2.42. The number of nitrogens with zero attached hydrogens (tertiary/aromatic N) is 4. The molecule has 0 radical (unpaired) electrons. The van der Waals surface area contributed by atoms with Crippen molar-refractivity contribution in [3.63, 3.8) is 0 Å². The van der Waals surface area contributed by atoms with Crippen molar-refractivity contribution in [3.05, 3.63) is 137 Å². The molecule has 5 N–H and O–H groups in total. The Hall–Kier alpha value is -7.86. The number of nitrogens with two attached hydrogens (primary N) is 1. The molecule has 4 amide bonds. The van der Waals surface area contributed by atoms with Gasteiger partial charge < -0.3 is 49.9 Å². The number of amides is 4. The van der Waals surface area contributed by atoms with E-state index < -0.39 is 27.2 Å². The number of likely N-dealkylation sites (N-methyl/N-ethyl adjacent to an activating group) is 1. The van der Waals surface area contributed by atoms with Crippen molar-refractivity contribution < 1.29 is 60.7 Å². The van der Waals surface area contributed by atoms with Gasteiger partial charge >= 0.3 is 0 Å². The van der Waals surface area contributed by atoms with Gasteiger partial charge in [0.15, 0.2) is 28.2 Å². The second-order valence-electron chi connectivity index (χ2n) is 19.9. The predicted molar refractivity (Wildman–Crippen MR) is 321 cm³/mol. The summed E-state index contributed by atoms with van der Waals surface area (Å²) in [5.41, 5.74) is 14.8. The molecule has 20 nitrogen and oxygen atoms in total. The second-order valence-corrected chi connectivity index (χ2v) is 24.6. The maximum atomic E-state index is 13.8. The molecule has 434 valence electrons. The van der Waals surface area contributed by atoms with Crippen LogP contribution >= 0.6 is 21.6 Å². The lowest BCUT2D eigenvalue weighted by atomic mass is 10.1. The van der Waals surface area contributed by atoms with Gasteiger partial charge in [-0.2, -0.15) is 8.42 Å². The van der Waals surface area contributed by atoms with Crippen LogP contribution in [-0.2, 0) is 55.4 Å². The number of allylic oxidation sites excluding steroid dienone is 1. The topological polar surface area (TPSA) is 266 Å². The summed E-state index contributed by atoms with van der Waals surface area (Å²) in [4.78, 5) is 81.4. The van der Waals surface area contributed by atoms with Crippen LogP contribution in [0.4, 0.5) is 28.4 Å². The van der Waals surface area contributed by atoms with Crippen LogP contribution in [0.25, 0.3) is 0 Å². The van der Waals surface area contributed by atoms with Gasteiger partial charge in [0.05, 0.1) is 37.1 Å². The highest BCUT2D eigenvalue weighted by atomic mass is 33.1. The number of nitrogens with one attached hydrogen (secondary N) is 2. The molecule has 0 aliphatic carbocycles. The van der Waals surface area contributed by atoms with Gasteiger partial charge in [-0.1, -0.05) is 58.0 Å². The Morgan fingerprint density at radius 3 is 2.23 bits per heavy atom. The summed E-state index contributed by atoms with van der Waals surface area (Å²) in [5.74, 6) is 0.452. The Labute approximate surface area is 485 Å². The average molecular weight is 1180 g/mol. The van der Waals surface area contributed by atoms with Crippen LogP contribution in [0, 0.1) is 0 Å². The normalized spacial score (nSPS) is 14.5. The highest BCUT2D eigenvalue weighted by Gasteiger charge is 2.37. The number of hydrogen-bond donors (Lipinski definition) is 4. The molecule has 0 fully saturated rings. The molecule has 3 aliphatic heterocycles. The molecule has 82 heavy (non-hydrogen) atoms. The molecule has 0 spiro atoms. The Morgan fingerprint density at radius 1 is 0.915 bits per heavy atom. The lowest BCUT2D eigenvalue weighted by Crippen LogP contribution is -2.43. The molecule has 0 saturated carbocycles. The smallest absolute Gasteiger partial charge is 0.276 e. The minimum Gasteiger partial charge on any atom is -0.493 e. The van der Waals surface area contributed by atoms with Crippen molar-refractivity contribution in [3.8, 4) is 23.0 Å². The Kier molecular flexibility index (Phi) is 21.3.